The van der Waals surface area contributed by atoms with E-state index in [9.17, 15) is 4.79 Å². The number of H-pyrrole nitrogens is 1. The third-order valence-electron chi connectivity index (χ3n) is 3.98. The van der Waals surface area contributed by atoms with Crippen molar-refractivity contribution in [3.63, 3.8) is 0 Å². The minimum Gasteiger partial charge on any atom is -0.450 e. The fraction of sp³-hybridized carbons (Fsp3) is 0.467. The molecule has 5 nitrogen and oxygen atoms in total. The first kappa shape index (κ1) is 13.0. The van der Waals surface area contributed by atoms with Crippen LogP contribution in [0.25, 0.3) is 10.9 Å². The van der Waals surface area contributed by atoms with Crippen molar-refractivity contribution in [2.75, 3.05) is 19.7 Å². The summed E-state index contributed by atoms with van der Waals surface area (Å²) in [5, 5.41) is 1.24. The van der Waals surface area contributed by atoms with Crippen LogP contribution in [0, 0.1) is 0 Å². The molecule has 1 aliphatic rings. The summed E-state index contributed by atoms with van der Waals surface area (Å²) in [7, 11) is 0. The lowest BCUT2D eigenvalue weighted by atomic mass is 9.89. The molecule has 0 aliphatic carbocycles. The maximum atomic E-state index is 11.7. The summed E-state index contributed by atoms with van der Waals surface area (Å²) in [6.07, 6.45) is 7.54. The number of pyridine rings is 1. The normalized spacial score (nSPS) is 16.6. The molecule has 3 heterocycles. The Kier molecular flexibility index (Phi) is 3.58. The Morgan fingerprint density at radius 3 is 3.05 bits per heavy atom. The van der Waals surface area contributed by atoms with Crippen LogP contribution in [0.15, 0.2) is 24.7 Å². The van der Waals surface area contributed by atoms with Gasteiger partial charge in [0.05, 0.1) is 18.3 Å². The average molecular weight is 273 g/mol. The number of fused-ring (bicyclic) bond motifs is 1. The molecule has 0 aromatic carbocycles. The summed E-state index contributed by atoms with van der Waals surface area (Å²) in [4.78, 5) is 20.9. The summed E-state index contributed by atoms with van der Waals surface area (Å²) < 4.78 is 5.05. The second-order valence-electron chi connectivity index (χ2n) is 5.13. The molecule has 106 valence electrons. The van der Waals surface area contributed by atoms with Gasteiger partial charge in [-0.25, -0.2) is 4.79 Å². The number of nitrogens with one attached hydrogen (secondary N) is 1. The Morgan fingerprint density at radius 1 is 1.50 bits per heavy atom. The van der Waals surface area contributed by atoms with E-state index in [4.69, 9.17) is 4.74 Å². The van der Waals surface area contributed by atoms with Crippen LogP contribution in [-0.2, 0) is 4.74 Å². The molecule has 2 aromatic rings. The first-order valence-corrected chi connectivity index (χ1v) is 7.12. The van der Waals surface area contributed by atoms with Gasteiger partial charge in [-0.2, -0.15) is 0 Å². The minimum atomic E-state index is -0.186. The fourth-order valence-electron chi connectivity index (χ4n) is 2.92. The molecule has 0 atom stereocenters. The molecule has 0 bridgehead atoms. The molecule has 20 heavy (non-hydrogen) atoms. The van der Waals surface area contributed by atoms with Gasteiger partial charge in [-0.05, 0) is 37.3 Å². The van der Waals surface area contributed by atoms with Crippen molar-refractivity contribution in [2.24, 2.45) is 0 Å². The van der Waals surface area contributed by atoms with E-state index in [1.807, 2.05) is 19.3 Å². The molecule has 1 saturated heterocycles. The van der Waals surface area contributed by atoms with E-state index in [2.05, 4.69) is 22.2 Å². The predicted octanol–water partition coefficient (Wildman–Crippen LogP) is 2.90. The molecule has 2 aromatic heterocycles. The summed E-state index contributed by atoms with van der Waals surface area (Å²) in [5.41, 5.74) is 2.42. The number of rotatable bonds is 2. The van der Waals surface area contributed by atoms with Crippen LogP contribution in [0.5, 0.6) is 0 Å². The van der Waals surface area contributed by atoms with E-state index >= 15 is 0 Å². The van der Waals surface area contributed by atoms with Gasteiger partial charge in [0.2, 0.25) is 0 Å². The zero-order valence-corrected chi connectivity index (χ0v) is 11.6. The lowest BCUT2D eigenvalue weighted by Gasteiger charge is -2.31. The highest BCUT2D eigenvalue weighted by atomic mass is 16.6. The number of aromatic amines is 1. The Morgan fingerprint density at radius 2 is 2.30 bits per heavy atom. The van der Waals surface area contributed by atoms with Crippen LogP contribution in [-0.4, -0.2) is 40.7 Å². The summed E-state index contributed by atoms with van der Waals surface area (Å²) in [5.74, 6) is 0.497. The molecule has 5 heteroatoms. The predicted molar refractivity (Wildman–Crippen MR) is 76.7 cm³/mol. The molecule has 0 spiro atoms. The largest absolute Gasteiger partial charge is 0.450 e. The summed E-state index contributed by atoms with van der Waals surface area (Å²) >= 11 is 0. The standard InChI is InChI=1S/C15H19N3O2/c1-2-20-15(19)18-7-4-11(5-8-18)13-9-17-14-10-16-6-3-12(13)14/h3,6,9-11,17H,2,4-5,7-8H2,1H3. The smallest absolute Gasteiger partial charge is 0.409 e. The monoisotopic (exact) mass is 273 g/mol. The van der Waals surface area contributed by atoms with E-state index in [0.29, 0.717) is 12.5 Å². The van der Waals surface area contributed by atoms with Gasteiger partial charge in [0.1, 0.15) is 0 Å². The zero-order valence-electron chi connectivity index (χ0n) is 11.6. The van der Waals surface area contributed by atoms with Gasteiger partial charge >= 0.3 is 6.09 Å². The molecule has 1 N–H and O–H groups in total. The van der Waals surface area contributed by atoms with Crippen molar-refractivity contribution in [1.29, 1.82) is 0 Å². The van der Waals surface area contributed by atoms with Gasteiger partial charge in [-0.3, -0.25) is 4.98 Å². The summed E-state index contributed by atoms with van der Waals surface area (Å²) in [6.45, 7) is 3.81. The second kappa shape index (κ2) is 5.53. The van der Waals surface area contributed by atoms with Gasteiger partial charge in [-0.1, -0.05) is 0 Å². The maximum Gasteiger partial charge on any atom is 0.409 e. The number of hydrogen-bond acceptors (Lipinski definition) is 3. The van der Waals surface area contributed by atoms with Crippen molar-refractivity contribution in [1.82, 2.24) is 14.9 Å². The second-order valence-corrected chi connectivity index (χ2v) is 5.13. The van der Waals surface area contributed by atoms with Gasteiger partial charge < -0.3 is 14.6 Å². The van der Waals surface area contributed by atoms with Crippen molar-refractivity contribution in [3.05, 3.63) is 30.2 Å². The number of ether oxygens (including phenoxy) is 1. The van der Waals surface area contributed by atoms with Crippen LogP contribution < -0.4 is 0 Å². The molecule has 1 aliphatic heterocycles. The third kappa shape index (κ3) is 2.35. The van der Waals surface area contributed by atoms with E-state index < -0.39 is 0 Å². The Labute approximate surface area is 117 Å². The van der Waals surface area contributed by atoms with E-state index in [1.54, 1.807) is 4.90 Å². The number of hydrogen-bond donors (Lipinski definition) is 1. The topological polar surface area (TPSA) is 58.2 Å². The molecule has 3 rings (SSSR count). The number of carbonyl (C=O) groups is 1. The van der Waals surface area contributed by atoms with Crippen molar-refractivity contribution in [3.8, 4) is 0 Å². The van der Waals surface area contributed by atoms with Gasteiger partial charge in [0.25, 0.3) is 0 Å². The highest BCUT2D eigenvalue weighted by molar-refractivity contribution is 5.82. The number of carbonyl (C=O) groups excluding carboxylic acids is 1. The summed E-state index contributed by atoms with van der Waals surface area (Å²) in [6, 6.07) is 2.05. The average Bonchev–Trinajstić information content (AvgIpc) is 2.92. The Bertz CT molecular complexity index is 600. The molecular formula is C15H19N3O2. The lowest BCUT2D eigenvalue weighted by molar-refractivity contribution is 0.0971. The highest BCUT2D eigenvalue weighted by Crippen LogP contribution is 2.32. The fourth-order valence-corrected chi connectivity index (χ4v) is 2.92. The Balaban J connectivity index is 1.70. The molecular weight excluding hydrogens is 254 g/mol. The first-order chi connectivity index (χ1) is 9.79. The van der Waals surface area contributed by atoms with Gasteiger partial charge in [0.15, 0.2) is 0 Å². The zero-order chi connectivity index (χ0) is 13.9. The number of likely N-dealkylation sites (tertiary alicyclic amines) is 1. The maximum absolute atomic E-state index is 11.7. The quantitative estimate of drug-likeness (QED) is 0.915. The van der Waals surface area contributed by atoms with Crippen LogP contribution in [0.3, 0.4) is 0 Å². The van der Waals surface area contributed by atoms with Crippen molar-refractivity contribution >= 4 is 17.0 Å². The lowest BCUT2D eigenvalue weighted by Crippen LogP contribution is -2.38. The van der Waals surface area contributed by atoms with Gasteiger partial charge in [0, 0.05) is 30.9 Å². The molecule has 0 unspecified atom stereocenters. The van der Waals surface area contributed by atoms with Gasteiger partial charge in [-0.15, -0.1) is 0 Å². The van der Waals surface area contributed by atoms with Crippen LogP contribution in [0.4, 0.5) is 4.79 Å². The molecule has 0 radical (unpaired) electrons. The molecule has 1 fully saturated rings. The third-order valence-corrected chi connectivity index (χ3v) is 3.98. The van der Waals surface area contributed by atoms with E-state index in [-0.39, 0.29) is 6.09 Å². The van der Waals surface area contributed by atoms with Crippen molar-refractivity contribution in [2.45, 2.75) is 25.7 Å². The number of piperidine rings is 1. The number of amides is 1. The molecule has 0 saturated carbocycles. The molecule has 1 amide bonds. The van der Waals surface area contributed by atoms with Crippen LogP contribution in [0.2, 0.25) is 0 Å². The minimum absolute atomic E-state index is 0.186. The van der Waals surface area contributed by atoms with Crippen LogP contribution >= 0.6 is 0 Å². The van der Waals surface area contributed by atoms with Crippen molar-refractivity contribution < 1.29 is 9.53 Å². The van der Waals surface area contributed by atoms with E-state index in [1.165, 1.54) is 10.9 Å². The number of nitrogens with zero attached hydrogens (tertiary/aromatic N) is 2. The number of aromatic nitrogens is 2. The SMILES string of the molecule is CCOC(=O)N1CCC(c2c[nH]c3cnccc23)CC1. The first-order valence-electron chi connectivity index (χ1n) is 7.12. The Hall–Kier alpha value is -2.04. The highest BCUT2D eigenvalue weighted by Gasteiger charge is 2.25. The van der Waals surface area contributed by atoms with Crippen LogP contribution in [0.1, 0.15) is 31.2 Å². The van der Waals surface area contributed by atoms with E-state index in [0.717, 1.165) is 31.4 Å².